The fourth-order valence-corrected chi connectivity index (χ4v) is 3.47. The van der Waals surface area contributed by atoms with Crippen molar-refractivity contribution in [1.82, 2.24) is 9.78 Å². The molecule has 7 nitrogen and oxygen atoms in total. The zero-order valence-corrected chi connectivity index (χ0v) is 16.9. The van der Waals surface area contributed by atoms with Gasteiger partial charge in [0.25, 0.3) is 11.5 Å². The Labute approximate surface area is 177 Å². The maximum absolute atomic E-state index is 13.0. The Balaban J connectivity index is 1.72. The molecule has 0 fully saturated rings. The van der Waals surface area contributed by atoms with Gasteiger partial charge in [0.2, 0.25) is 5.91 Å². The van der Waals surface area contributed by atoms with Crippen LogP contribution in [-0.4, -0.2) is 27.4 Å². The van der Waals surface area contributed by atoms with Gasteiger partial charge in [-0.1, -0.05) is 30.3 Å². The van der Waals surface area contributed by atoms with Gasteiger partial charge < -0.3 is 5.32 Å². The normalized spacial score (nSPS) is 13.9. The van der Waals surface area contributed by atoms with Crippen molar-refractivity contribution in [2.24, 2.45) is 0 Å². The van der Waals surface area contributed by atoms with E-state index < -0.39 is 11.5 Å². The molecule has 0 saturated heterocycles. The van der Waals surface area contributed by atoms with E-state index in [1.807, 2.05) is 24.3 Å². The first-order chi connectivity index (χ1) is 14.8. The Morgan fingerprint density at radius 2 is 1.71 bits per heavy atom. The largest absolute Gasteiger partial charge is 0.326 e. The number of rotatable bonds is 3. The van der Waals surface area contributed by atoms with Gasteiger partial charge >= 0.3 is 0 Å². The van der Waals surface area contributed by atoms with Gasteiger partial charge in [-0.05, 0) is 54.5 Å². The quantitative estimate of drug-likeness (QED) is 0.644. The standard InChI is InChI=1S/C24H19N3O4/c1-14-20(13-21-19-6-4-3-5-16(19)9-12-22(21)29)24(31)27(26-14)23(30)17-7-10-18(11-8-17)25-15(2)28/h3-13,26H,1-2H3,(H,25,28). The van der Waals surface area contributed by atoms with Crippen molar-refractivity contribution >= 4 is 41.0 Å². The number of aryl methyl sites for hydroxylation is 1. The van der Waals surface area contributed by atoms with Crippen LogP contribution in [0.1, 0.15) is 39.7 Å². The number of nitrogens with one attached hydrogen (secondary N) is 2. The highest BCUT2D eigenvalue weighted by atomic mass is 16.2. The molecule has 1 heterocycles. The minimum Gasteiger partial charge on any atom is -0.326 e. The monoisotopic (exact) mass is 413 g/mol. The Bertz CT molecular complexity index is 1340. The smallest absolute Gasteiger partial charge is 0.281 e. The molecule has 154 valence electrons. The van der Waals surface area contributed by atoms with Gasteiger partial charge in [-0.3, -0.25) is 24.3 Å². The lowest BCUT2D eigenvalue weighted by molar-refractivity contribution is -0.114. The summed E-state index contributed by atoms with van der Waals surface area (Å²) in [7, 11) is 0. The third kappa shape index (κ3) is 3.81. The van der Waals surface area contributed by atoms with E-state index in [0.717, 1.165) is 15.8 Å². The number of hydrogen-bond acceptors (Lipinski definition) is 4. The average Bonchev–Trinajstić information content (AvgIpc) is 3.03. The van der Waals surface area contributed by atoms with E-state index in [-0.39, 0.29) is 22.8 Å². The van der Waals surface area contributed by atoms with Gasteiger partial charge in [0, 0.05) is 29.4 Å². The highest BCUT2D eigenvalue weighted by Crippen LogP contribution is 2.28. The van der Waals surface area contributed by atoms with E-state index in [2.05, 4.69) is 10.4 Å². The number of nitrogens with zero attached hydrogens (tertiary/aromatic N) is 1. The molecule has 1 aliphatic carbocycles. The first-order valence-electron chi connectivity index (χ1n) is 9.62. The molecule has 0 aliphatic heterocycles. The molecule has 1 aliphatic rings. The van der Waals surface area contributed by atoms with Crippen LogP contribution in [0.15, 0.2) is 59.4 Å². The fourth-order valence-electron chi connectivity index (χ4n) is 3.47. The van der Waals surface area contributed by atoms with Crippen molar-refractivity contribution in [1.29, 1.82) is 0 Å². The number of benzene rings is 2. The van der Waals surface area contributed by atoms with Crippen molar-refractivity contribution in [3.8, 4) is 0 Å². The summed E-state index contributed by atoms with van der Waals surface area (Å²) in [4.78, 5) is 49.5. The lowest BCUT2D eigenvalue weighted by atomic mass is 9.90. The molecule has 0 atom stereocenters. The predicted octanol–water partition coefficient (Wildman–Crippen LogP) is 3.27. The molecular weight excluding hydrogens is 394 g/mol. The van der Waals surface area contributed by atoms with E-state index in [9.17, 15) is 19.2 Å². The van der Waals surface area contributed by atoms with Crippen molar-refractivity contribution in [2.75, 3.05) is 5.32 Å². The topological polar surface area (TPSA) is 101 Å². The highest BCUT2D eigenvalue weighted by molar-refractivity contribution is 6.33. The van der Waals surface area contributed by atoms with Crippen LogP contribution in [0.5, 0.6) is 0 Å². The maximum Gasteiger partial charge on any atom is 0.281 e. The van der Waals surface area contributed by atoms with Crippen LogP contribution >= 0.6 is 0 Å². The summed E-state index contributed by atoms with van der Waals surface area (Å²) in [6, 6.07) is 13.6. The summed E-state index contributed by atoms with van der Waals surface area (Å²) in [6.07, 6.45) is 4.74. The van der Waals surface area contributed by atoms with Gasteiger partial charge in [0.1, 0.15) is 0 Å². The fraction of sp³-hybridized carbons (Fsp3) is 0.0833. The zero-order valence-electron chi connectivity index (χ0n) is 16.9. The summed E-state index contributed by atoms with van der Waals surface area (Å²) in [5.74, 6) is -0.964. The molecule has 7 heteroatoms. The minimum absolute atomic E-state index is 0.204. The summed E-state index contributed by atoms with van der Waals surface area (Å²) in [6.45, 7) is 3.06. The molecule has 2 aromatic carbocycles. The number of anilines is 1. The number of carbonyl (C=O) groups is 3. The number of H-pyrrole nitrogens is 1. The first kappa shape index (κ1) is 20.0. The van der Waals surface area contributed by atoms with Crippen LogP contribution in [0.25, 0.3) is 17.7 Å². The molecule has 1 aromatic heterocycles. The number of ketones is 1. The van der Waals surface area contributed by atoms with E-state index in [1.54, 1.807) is 25.1 Å². The second-order valence-corrected chi connectivity index (χ2v) is 7.20. The zero-order chi connectivity index (χ0) is 22.1. The first-order valence-corrected chi connectivity index (χ1v) is 9.62. The summed E-state index contributed by atoms with van der Waals surface area (Å²) < 4.78 is 0.921. The van der Waals surface area contributed by atoms with Crippen LogP contribution < -0.4 is 10.9 Å². The van der Waals surface area contributed by atoms with Gasteiger partial charge in [-0.2, -0.15) is 4.68 Å². The molecular formula is C24H19N3O4. The number of hydrogen-bond donors (Lipinski definition) is 2. The van der Waals surface area contributed by atoms with Crippen molar-refractivity contribution in [3.05, 3.63) is 92.9 Å². The van der Waals surface area contributed by atoms with Crippen molar-refractivity contribution < 1.29 is 14.4 Å². The number of allylic oxidation sites excluding steroid dienone is 2. The molecule has 1 amide bonds. The third-order valence-electron chi connectivity index (χ3n) is 4.99. The van der Waals surface area contributed by atoms with E-state index in [0.29, 0.717) is 17.0 Å². The minimum atomic E-state index is -0.541. The van der Waals surface area contributed by atoms with Crippen molar-refractivity contribution in [2.45, 2.75) is 13.8 Å². The Kier molecular flexibility index (Phi) is 5.09. The molecule has 31 heavy (non-hydrogen) atoms. The summed E-state index contributed by atoms with van der Waals surface area (Å²) >= 11 is 0. The van der Waals surface area contributed by atoms with Crippen LogP contribution in [0.2, 0.25) is 0 Å². The van der Waals surface area contributed by atoms with Gasteiger partial charge in [-0.25, -0.2) is 0 Å². The number of carbonyl (C=O) groups excluding carboxylic acids is 3. The van der Waals surface area contributed by atoms with E-state index in [4.69, 9.17) is 0 Å². The van der Waals surface area contributed by atoms with Gasteiger partial charge in [0.15, 0.2) is 5.78 Å². The predicted molar refractivity (Wildman–Crippen MR) is 119 cm³/mol. The van der Waals surface area contributed by atoms with E-state index in [1.165, 1.54) is 31.2 Å². The highest BCUT2D eigenvalue weighted by Gasteiger charge is 2.21. The van der Waals surface area contributed by atoms with Crippen LogP contribution in [0.3, 0.4) is 0 Å². The van der Waals surface area contributed by atoms with Crippen LogP contribution in [0, 0.1) is 6.92 Å². The molecule has 0 radical (unpaired) electrons. The molecule has 0 saturated carbocycles. The number of amides is 1. The molecule has 0 unspecified atom stereocenters. The third-order valence-corrected chi connectivity index (χ3v) is 4.99. The molecule has 4 rings (SSSR count). The summed E-state index contributed by atoms with van der Waals surface area (Å²) in [5.41, 5.74) is 3.03. The molecule has 2 N–H and O–H groups in total. The molecule has 0 bridgehead atoms. The lowest BCUT2D eigenvalue weighted by Gasteiger charge is -2.12. The number of aromatic nitrogens is 2. The summed E-state index contributed by atoms with van der Waals surface area (Å²) in [5, 5.41) is 5.42. The molecule has 3 aromatic rings. The lowest BCUT2D eigenvalue weighted by Crippen LogP contribution is -2.26. The second kappa shape index (κ2) is 7.87. The maximum atomic E-state index is 13.0. The number of aromatic amines is 1. The molecule has 0 spiro atoms. The van der Waals surface area contributed by atoms with Gasteiger partial charge in [0.05, 0.1) is 5.56 Å². The van der Waals surface area contributed by atoms with E-state index >= 15 is 0 Å². The van der Waals surface area contributed by atoms with Gasteiger partial charge in [-0.15, -0.1) is 0 Å². The van der Waals surface area contributed by atoms with Crippen LogP contribution in [0.4, 0.5) is 5.69 Å². The Morgan fingerprint density at radius 3 is 2.42 bits per heavy atom. The second-order valence-electron chi connectivity index (χ2n) is 7.20. The average molecular weight is 413 g/mol. The van der Waals surface area contributed by atoms with Crippen LogP contribution in [-0.2, 0) is 9.59 Å². The Hall–Kier alpha value is -4.26. The SMILES string of the molecule is CC(=O)Nc1ccc(C(=O)n2[nH]c(C)c(C=C3C(=O)C=Cc4ccccc43)c2=O)cc1. The number of fused-ring (bicyclic) bond motifs is 1. The Morgan fingerprint density at radius 1 is 1.00 bits per heavy atom. The van der Waals surface area contributed by atoms with Crippen molar-refractivity contribution in [3.63, 3.8) is 0 Å².